The number of anilines is 1. The minimum absolute atomic E-state index is 0.0543. The van der Waals surface area contributed by atoms with Crippen molar-refractivity contribution in [1.82, 2.24) is 10.2 Å². The summed E-state index contributed by atoms with van der Waals surface area (Å²) in [6, 6.07) is 7.21. The summed E-state index contributed by atoms with van der Waals surface area (Å²) < 4.78 is 0. The molecule has 0 bridgehead atoms. The molecule has 6 nitrogen and oxygen atoms in total. The van der Waals surface area contributed by atoms with Crippen molar-refractivity contribution in [3.8, 4) is 0 Å². The monoisotopic (exact) mass is 385 g/mol. The maximum absolute atomic E-state index is 12.8. The van der Waals surface area contributed by atoms with Crippen LogP contribution in [0, 0.1) is 5.92 Å². The summed E-state index contributed by atoms with van der Waals surface area (Å²) in [6.45, 7) is 2.61. The van der Waals surface area contributed by atoms with Gasteiger partial charge in [0, 0.05) is 37.3 Å². The predicted octanol–water partition coefficient (Wildman–Crippen LogP) is 3.34. The molecule has 2 aliphatic rings. The van der Waals surface area contributed by atoms with Gasteiger partial charge in [0.15, 0.2) is 0 Å². The second-order valence-electron chi connectivity index (χ2n) is 8.05. The maximum Gasteiger partial charge on any atom is 0.253 e. The normalized spacial score (nSPS) is 20.9. The van der Waals surface area contributed by atoms with Gasteiger partial charge in [0.05, 0.1) is 5.92 Å². The Morgan fingerprint density at radius 1 is 0.929 bits per heavy atom. The molecule has 1 aromatic rings. The number of nitrogens with one attached hydrogen (secondary N) is 2. The first-order valence-corrected chi connectivity index (χ1v) is 10.5. The lowest BCUT2D eigenvalue weighted by atomic mass is 9.95. The molecule has 28 heavy (non-hydrogen) atoms. The molecule has 1 atom stereocenters. The van der Waals surface area contributed by atoms with Gasteiger partial charge in [-0.3, -0.25) is 14.4 Å². The molecule has 1 saturated heterocycles. The van der Waals surface area contributed by atoms with Gasteiger partial charge in [0.2, 0.25) is 11.8 Å². The van der Waals surface area contributed by atoms with Gasteiger partial charge in [-0.2, -0.15) is 0 Å². The first kappa shape index (κ1) is 20.4. The van der Waals surface area contributed by atoms with Crippen LogP contribution in [0.25, 0.3) is 0 Å². The third-order valence-electron chi connectivity index (χ3n) is 5.73. The van der Waals surface area contributed by atoms with Crippen LogP contribution in [0.2, 0.25) is 0 Å². The number of amides is 3. The summed E-state index contributed by atoms with van der Waals surface area (Å²) in [6.07, 6.45) is 8.73. The number of piperidine rings is 1. The van der Waals surface area contributed by atoms with Crippen LogP contribution in [-0.4, -0.2) is 41.8 Å². The Hall–Kier alpha value is -2.37. The second kappa shape index (κ2) is 9.71. The Morgan fingerprint density at radius 3 is 2.25 bits per heavy atom. The molecule has 2 N–H and O–H groups in total. The Bertz CT molecular complexity index is 693. The molecule has 0 spiro atoms. The summed E-state index contributed by atoms with van der Waals surface area (Å²) in [4.78, 5) is 38.5. The highest BCUT2D eigenvalue weighted by molar-refractivity contribution is 5.96. The number of benzene rings is 1. The van der Waals surface area contributed by atoms with E-state index in [1.54, 1.807) is 29.2 Å². The van der Waals surface area contributed by atoms with Crippen LogP contribution in [0.5, 0.6) is 0 Å². The highest BCUT2D eigenvalue weighted by Gasteiger charge is 2.30. The zero-order valence-corrected chi connectivity index (χ0v) is 16.7. The fraction of sp³-hybridized carbons (Fsp3) is 0.591. The molecular formula is C22H31N3O3. The Kier molecular flexibility index (Phi) is 7.06. The van der Waals surface area contributed by atoms with E-state index in [0.29, 0.717) is 30.4 Å². The van der Waals surface area contributed by atoms with Gasteiger partial charge in [-0.15, -0.1) is 0 Å². The molecule has 1 saturated carbocycles. The molecule has 2 fully saturated rings. The van der Waals surface area contributed by atoms with Crippen LogP contribution in [0.15, 0.2) is 24.3 Å². The van der Waals surface area contributed by atoms with Crippen molar-refractivity contribution >= 4 is 23.4 Å². The Morgan fingerprint density at radius 2 is 1.61 bits per heavy atom. The van der Waals surface area contributed by atoms with Crippen LogP contribution in [0.1, 0.15) is 68.6 Å². The predicted molar refractivity (Wildman–Crippen MR) is 109 cm³/mol. The van der Waals surface area contributed by atoms with Gasteiger partial charge >= 0.3 is 0 Å². The number of hydrogen-bond acceptors (Lipinski definition) is 3. The van der Waals surface area contributed by atoms with Gasteiger partial charge < -0.3 is 15.5 Å². The van der Waals surface area contributed by atoms with Gasteiger partial charge in [-0.25, -0.2) is 0 Å². The minimum Gasteiger partial charge on any atom is -0.353 e. The highest BCUT2D eigenvalue weighted by atomic mass is 16.2. The SMILES string of the molecule is CC(=O)Nc1ccc(C(=O)N2CCC[C@H](C(=O)NC3CCCCCC3)C2)cc1. The third kappa shape index (κ3) is 5.57. The maximum atomic E-state index is 12.8. The van der Waals surface area contributed by atoms with Gasteiger partial charge in [-0.1, -0.05) is 25.7 Å². The molecule has 152 valence electrons. The lowest BCUT2D eigenvalue weighted by molar-refractivity contribution is -0.127. The van der Waals surface area contributed by atoms with E-state index >= 15 is 0 Å². The first-order chi connectivity index (χ1) is 13.5. The van der Waals surface area contributed by atoms with Crippen molar-refractivity contribution in [3.05, 3.63) is 29.8 Å². The number of likely N-dealkylation sites (tertiary alicyclic amines) is 1. The largest absolute Gasteiger partial charge is 0.353 e. The molecule has 0 aromatic heterocycles. The number of rotatable bonds is 4. The molecule has 3 amide bonds. The number of nitrogens with zero attached hydrogens (tertiary/aromatic N) is 1. The van der Waals surface area contributed by atoms with Crippen LogP contribution in [0.4, 0.5) is 5.69 Å². The van der Waals surface area contributed by atoms with Crippen LogP contribution < -0.4 is 10.6 Å². The molecule has 1 aliphatic heterocycles. The van der Waals surface area contributed by atoms with E-state index < -0.39 is 0 Å². The van der Waals surface area contributed by atoms with Crippen LogP contribution >= 0.6 is 0 Å². The molecule has 6 heteroatoms. The molecular weight excluding hydrogens is 354 g/mol. The van der Waals surface area contributed by atoms with Gasteiger partial charge in [-0.05, 0) is 49.9 Å². The van der Waals surface area contributed by atoms with Crippen LogP contribution in [0.3, 0.4) is 0 Å². The number of carbonyl (C=O) groups is 3. The first-order valence-electron chi connectivity index (χ1n) is 10.5. The third-order valence-corrected chi connectivity index (χ3v) is 5.73. The minimum atomic E-state index is -0.141. The lowest BCUT2D eigenvalue weighted by Crippen LogP contribution is -2.47. The highest BCUT2D eigenvalue weighted by Crippen LogP contribution is 2.22. The molecule has 1 aromatic carbocycles. The van der Waals surface area contributed by atoms with Crippen molar-refractivity contribution in [2.45, 2.75) is 64.3 Å². The van der Waals surface area contributed by atoms with Gasteiger partial charge in [0.1, 0.15) is 0 Å². The van der Waals surface area contributed by atoms with E-state index in [0.717, 1.165) is 25.7 Å². The molecule has 1 heterocycles. The van der Waals surface area contributed by atoms with E-state index in [9.17, 15) is 14.4 Å². The van der Waals surface area contributed by atoms with Crippen molar-refractivity contribution in [2.75, 3.05) is 18.4 Å². The topological polar surface area (TPSA) is 78.5 Å². The summed E-state index contributed by atoms with van der Waals surface area (Å²) in [5.41, 5.74) is 1.25. The zero-order chi connectivity index (χ0) is 19.9. The summed E-state index contributed by atoms with van der Waals surface area (Å²) in [5, 5.41) is 5.94. The Balaban J connectivity index is 1.56. The average Bonchev–Trinajstić information content (AvgIpc) is 2.96. The van der Waals surface area contributed by atoms with E-state index in [1.165, 1.54) is 32.6 Å². The average molecular weight is 386 g/mol. The molecule has 3 rings (SSSR count). The van der Waals surface area contributed by atoms with E-state index in [1.807, 2.05) is 0 Å². The smallest absolute Gasteiger partial charge is 0.253 e. The summed E-state index contributed by atoms with van der Waals surface area (Å²) >= 11 is 0. The van der Waals surface area contributed by atoms with Crippen LogP contribution in [-0.2, 0) is 9.59 Å². The summed E-state index contributed by atoms with van der Waals surface area (Å²) in [7, 11) is 0. The zero-order valence-electron chi connectivity index (χ0n) is 16.7. The van der Waals surface area contributed by atoms with Crippen molar-refractivity contribution in [2.24, 2.45) is 5.92 Å². The number of carbonyl (C=O) groups excluding carboxylic acids is 3. The van der Waals surface area contributed by atoms with E-state index in [-0.39, 0.29) is 23.6 Å². The fourth-order valence-electron chi connectivity index (χ4n) is 4.20. The Labute approximate surface area is 167 Å². The van der Waals surface area contributed by atoms with Gasteiger partial charge in [0.25, 0.3) is 5.91 Å². The fourth-order valence-corrected chi connectivity index (χ4v) is 4.20. The molecule has 0 radical (unpaired) electrons. The summed E-state index contributed by atoms with van der Waals surface area (Å²) in [5.74, 6) is -0.219. The standard InChI is InChI=1S/C22H31N3O3/c1-16(26)23-20-12-10-17(11-13-20)22(28)25-14-6-7-18(15-25)21(27)24-19-8-4-2-3-5-9-19/h10-13,18-19H,2-9,14-15H2,1H3,(H,23,26)(H,24,27)/t18-/m0/s1. The van der Waals surface area contributed by atoms with E-state index in [4.69, 9.17) is 0 Å². The van der Waals surface area contributed by atoms with Crippen molar-refractivity contribution < 1.29 is 14.4 Å². The molecule has 1 aliphatic carbocycles. The lowest BCUT2D eigenvalue weighted by Gasteiger charge is -2.33. The van der Waals surface area contributed by atoms with Crippen molar-refractivity contribution in [3.63, 3.8) is 0 Å². The molecule has 0 unspecified atom stereocenters. The number of hydrogen-bond donors (Lipinski definition) is 2. The van der Waals surface area contributed by atoms with Crippen molar-refractivity contribution in [1.29, 1.82) is 0 Å². The van der Waals surface area contributed by atoms with E-state index in [2.05, 4.69) is 10.6 Å². The quantitative estimate of drug-likeness (QED) is 0.780. The second-order valence-corrected chi connectivity index (χ2v) is 8.05.